The normalized spacial score (nSPS) is 11.6. The zero-order chi connectivity index (χ0) is 24.8. The van der Waals surface area contributed by atoms with E-state index in [4.69, 9.17) is 22.2 Å². The third-order valence-electron chi connectivity index (χ3n) is 7.31. The lowest BCUT2D eigenvalue weighted by Crippen LogP contribution is -1.91. The van der Waals surface area contributed by atoms with Crippen molar-refractivity contribution in [2.24, 2.45) is 0 Å². The molecule has 34 heavy (non-hydrogen) atoms. The molecule has 0 aliphatic rings. The fraction of sp³-hybridized carbons (Fsp3) is 1.00. The molecule has 0 amide bonds. The van der Waals surface area contributed by atoms with Gasteiger partial charge in [0.2, 0.25) is 7.42 Å². The first-order valence-corrected chi connectivity index (χ1v) is 21.0. The topological polar surface area (TPSA) is 0 Å². The van der Waals surface area contributed by atoms with Crippen LogP contribution in [-0.4, -0.2) is 12.7 Å². The molecule has 0 aromatic heterocycles. The summed E-state index contributed by atoms with van der Waals surface area (Å²) in [6.45, 7) is 0. The molecule has 0 bridgehead atoms. The molecule has 0 nitrogen and oxygen atoms in total. The zero-order valence-electron chi connectivity index (χ0n) is 22.9. The second kappa shape index (κ2) is 32.3. The van der Waals surface area contributed by atoms with Crippen molar-refractivity contribution in [3.63, 3.8) is 0 Å². The summed E-state index contributed by atoms with van der Waals surface area (Å²) in [6, 6.07) is 1.10. The van der Waals surface area contributed by atoms with Gasteiger partial charge in [-0.3, -0.25) is 0 Å². The number of rotatable bonds is 30. The van der Waals surface area contributed by atoms with Gasteiger partial charge in [0.1, 0.15) is 0 Å². The van der Waals surface area contributed by atoms with Crippen molar-refractivity contribution in [2.45, 2.75) is 186 Å². The maximum Gasteiger partial charge on any atom is 0.237 e. The molecular formula is C30H61BrCl2Si. The zero-order valence-corrected chi connectivity index (χ0v) is 27.2. The van der Waals surface area contributed by atoms with E-state index < -0.39 is 7.42 Å². The molecule has 0 rings (SSSR count). The summed E-state index contributed by atoms with van der Waals surface area (Å²) in [7, 11) is -1.33. The fourth-order valence-electron chi connectivity index (χ4n) is 4.99. The maximum atomic E-state index is 5.90. The van der Waals surface area contributed by atoms with Crippen molar-refractivity contribution in [3.8, 4) is 0 Å². The van der Waals surface area contributed by atoms with Crippen molar-refractivity contribution in [1.29, 1.82) is 0 Å². The lowest BCUT2D eigenvalue weighted by Gasteiger charge is -2.04. The van der Waals surface area contributed by atoms with Gasteiger partial charge in [0.05, 0.1) is 0 Å². The maximum absolute atomic E-state index is 5.90. The van der Waals surface area contributed by atoms with Gasteiger partial charge in [0, 0.05) is 5.33 Å². The Morgan fingerprint density at radius 2 is 0.471 bits per heavy atom. The lowest BCUT2D eigenvalue weighted by molar-refractivity contribution is 0.514. The van der Waals surface area contributed by atoms with Gasteiger partial charge in [-0.05, 0) is 12.5 Å². The van der Waals surface area contributed by atoms with Crippen molar-refractivity contribution in [1.82, 2.24) is 0 Å². The highest BCUT2D eigenvalue weighted by Gasteiger charge is 2.00. The highest BCUT2D eigenvalue weighted by atomic mass is 79.9. The minimum atomic E-state index is -1.33. The molecule has 0 N–H and O–H groups in total. The average Bonchev–Trinajstić information content (AvgIpc) is 2.83. The van der Waals surface area contributed by atoms with Crippen LogP contribution in [-0.2, 0) is 0 Å². The average molecular weight is 601 g/mol. The molecule has 0 saturated heterocycles. The van der Waals surface area contributed by atoms with Crippen LogP contribution in [0.2, 0.25) is 6.04 Å². The number of hydrogen-bond donors (Lipinski definition) is 0. The van der Waals surface area contributed by atoms with E-state index in [1.54, 1.807) is 0 Å². The Labute approximate surface area is 235 Å². The lowest BCUT2D eigenvalue weighted by atomic mass is 10.0. The molecule has 0 aliphatic heterocycles. The first-order valence-electron chi connectivity index (χ1n) is 15.6. The van der Waals surface area contributed by atoms with Crippen LogP contribution in [0.25, 0.3) is 0 Å². The highest BCUT2D eigenvalue weighted by Crippen LogP contribution is 2.17. The van der Waals surface area contributed by atoms with Gasteiger partial charge in [0.15, 0.2) is 0 Å². The third kappa shape index (κ3) is 33.3. The molecule has 0 aromatic rings. The quantitative estimate of drug-likeness (QED) is 0.0333. The molecular weight excluding hydrogens is 539 g/mol. The fourth-order valence-corrected chi connectivity index (χ4v) is 6.91. The molecule has 0 spiro atoms. The second-order valence-electron chi connectivity index (χ2n) is 10.8. The predicted octanol–water partition coefficient (Wildman–Crippen LogP) is 13.0. The Kier molecular flexibility index (Phi) is 33.5. The van der Waals surface area contributed by atoms with Gasteiger partial charge in [0.25, 0.3) is 0 Å². The van der Waals surface area contributed by atoms with Crippen LogP contribution in [0.1, 0.15) is 180 Å². The SMILES string of the molecule is Cl[SiH](Cl)CCCCCCCCCCCCCCCCCCCCCCCCCCCCCCBr. The van der Waals surface area contributed by atoms with Crippen LogP contribution in [0.3, 0.4) is 0 Å². The molecule has 0 atom stereocenters. The summed E-state index contributed by atoms with van der Waals surface area (Å²) in [4.78, 5) is 0. The summed E-state index contributed by atoms with van der Waals surface area (Å²) in [5, 5.41) is 1.18. The van der Waals surface area contributed by atoms with E-state index in [1.807, 2.05) is 0 Å². The largest absolute Gasteiger partial charge is 0.237 e. The van der Waals surface area contributed by atoms with Crippen LogP contribution in [0.5, 0.6) is 0 Å². The summed E-state index contributed by atoms with van der Waals surface area (Å²) < 4.78 is 0. The van der Waals surface area contributed by atoms with Gasteiger partial charge in [-0.2, -0.15) is 22.2 Å². The van der Waals surface area contributed by atoms with E-state index in [-0.39, 0.29) is 0 Å². The highest BCUT2D eigenvalue weighted by molar-refractivity contribution is 9.09. The molecule has 0 heterocycles. The van der Waals surface area contributed by atoms with Crippen molar-refractivity contribution >= 4 is 45.5 Å². The molecule has 0 radical (unpaired) electrons. The van der Waals surface area contributed by atoms with E-state index >= 15 is 0 Å². The molecule has 0 unspecified atom stereocenters. The van der Waals surface area contributed by atoms with Gasteiger partial charge in [-0.1, -0.05) is 189 Å². The first kappa shape index (κ1) is 35.3. The number of unbranched alkanes of at least 4 members (excludes halogenated alkanes) is 27. The third-order valence-corrected chi connectivity index (χ3v) is 10.0. The molecule has 4 heteroatoms. The van der Waals surface area contributed by atoms with Crippen molar-refractivity contribution < 1.29 is 0 Å². The van der Waals surface area contributed by atoms with Gasteiger partial charge in [-0.25, -0.2) is 0 Å². The van der Waals surface area contributed by atoms with Crippen molar-refractivity contribution in [3.05, 3.63) is 0 Å². The second-order valence-corrected chi connectivity index (χ2v) is 16.8. The summed E-state index contributed by atoms with van der Waals surface area (Å²) in [5.41, 5.74) is 0. The van der Waals surface area contributed by atoms with Crippen LogP contribution < -0.4 is 0 Å². The Morgan fingerprint density at radius 1 is 0.294 bits per heavy atom. The molecule has 0 aromatic carbocycles. The van der Waals surface area contributed by atoms with Gasteiger partial charge >= 0.3 is 0 Å². The molecule has 0 saturated carbocycles. The first-order chi connectivity index (χ1) is 16.8. The van der Waals surface area contributed by atoms with E-state index in [1.165, 1.54) is 185 Å². The van der Waals surface area contributed by atoms with Crippen LogP contribution >= 0.6 is 38.1 Å². The number of halogens is 3. The van der Waals surface area contributed by atoms with Crippen LogP contribution in [0.4, 0.5) is 0 Å². The minimum absolute atomic E-state index is 1.10. The molecule has 0 aliphatic carbocycles. The Morgan fingerprint density at radius 3 is 0.647 bits per heavy atom. The van der Waals surface area contributed by atoms with E-state index in [2.05, 4.69) is 15.9 Å². The molecule has 0 fully saturated rings. The van der Waals surface area contributed by atoms with E-state index in [0.717, 1.165) is 6.04 Å². The van der Waals surface area contributed by atoms with E-state index in [9.17, 15) is 0 Å². The number of alkyl halides is 1. The van der Waals surface area contributed by atoms with Crippen LogP contribution in [0.15, 0.2) is 0 Å². The minimum Gasteiger partial charge on any atom is -0.150 e. The smallest absolute Gasteiger partial charge is 0.150 e. The predicted molar refractivity (Wildman–Crippen MR) is 167 cm³/mol. The molecule has 206 valence electrons. The van der Waals surface area contributed by atoms with Gasteiger partial charge < -0.3 is 0 Å². The van der Waals surface area contributed by atoms with E-state index in [0.29, 0.717) is 0 Å². The Hall–Kier alpha value is 1.28. The number of hydrogen-bond acceptors (Lipinski definition) is 0. The van der Waals surface area contributed by atoms with Crippen LogP contribution in [0, 0.1) is 0 Å². The van der Waals surface area contributed by atoms with Crippen molar-refractivity contribution in [2.75, 3.05) is 5.33 Å². The standard InChI is InChI=1S/C30H61BrCl2Si/c31-29-27-25-23-21-19-17-15-13-11-9-7-5-3-1-2-4-6-8-10-12-14-16-18-20-22-24-26-28-30-34(32)33/h34H,1-30H2. The summed E-state index contributed by atoms with van der Waals surface area (Å²) in [5.74, 6) is 0. The summed E-state index contributed by atoms with van der Waals surface area (Å²) in [6.07, 6.45) is 40.5. The monoisotopic (exact) mass is 598 g/mol. The van der Waals surface area contributed by atoms with Gasteiger partial charge in [-0.15, -0.1) is 0 Å². The summed E-state index contributed by atoms with van der Waals surface area (Å²) >= 11 is 15.3. The Bertz CT molecular complexity index is 355. The Balaban J connectivity index is 3.00.